The second kappa shape index (κ2) is 6.92. The number of ether oxygens (including phenoxy) is 2. The summed E-state index contributed by atoms with van der Waals surface area (Å²) in [6.45, 7) is 0. The highest BCUT2D eigenvalue weighted by molar-refractivity contribution is 5.93. The third-order valence-electron chi connectivity index (χ3n) is 4.30. The molecule has 0 bridgehead atoms. The molecule has 0 amide bonds. The van der Waals surface area contributed by atoms with E-state index in [1.54, 1.807) is 36.4 Å². The molecule has 0 aromatic heterocycles. The molecule has 28 heavy (non-hydrogen) atoms. The van der Waals surface area contributed by atoms with E-state index in [4.69, 9.17) is 20.9 Å². The summed E-state index contributed by atoms with van der Waals surface area (Å²) in [5.41, 5.74) is 12.0. The summed E-state index contributed by atoms with van der Waals surface area (Å²) >= 11 is 0. The number of nitrogens with two attached hydrogens (primary N) is 2. The van der Waals surface area contributed by atoms with E-state index >= 15 is 0 Å². The molecule has 0 atom stereocenters. The summed E-state index contributed by atoms with van der Waals surface area (Å²) in [5.74, 6) is 2.29. The smallest absolute Gasteiger partial charge is 0.138 e. The van der Waals surface area contributed by atoms with Crippen LogP contribution in [0.5, 0.6) is 34.5 Å². The van der Waals surface area contributed by atoms with Crippen LogP contribution in [0.3, 0.4) is 0 Å². The number of anilines is 2. The molecule has 0 aliphatic rings. The molecule has 0 saturated heterocycles. The Morgan fingerprint density at radius 2 is 1.00 bits per heavy atom. The van der Waals surface area contributed by atoms with Gasteiger partial charge >= 0.3 is 0 Å². The fourth-order valence-corrected chi connectivity index (χ4v) is 2.87. The van der Waals surface area contributed by atoms with Gasteiger partial charge in [-0.1, -0.05) is 24.3 Å². The molecule has 4 rings (SSSR count). The maximum atomic E-state index is 9.57. The van der Waals surface area contributed by atoms with Crippen molar-refractivity contribution < 1.29 is 19.7 Å². The number of phenolic OH excluding ortho intramolecular Hbond substituents is 2. The van der Waals surface area contributed by atoms with Crippen molar-refractivity contribution >= 4 is 22.1 Å². The zero-order chi connectivity index (χ0) is 19.7. The molecule has 6 nitrogen and oxygen atoms in total. The van der Waals surface area contributed by atoms with Crippen LogP contribution < -0.4 is 20.9 Å². The molecule has 0 saturated carbocycles. The number of phenols is 2. The van der Waals surface area contributed by atoms with E-state index in [-0.39, 0.29) is 22.9 Å². The predicted molar refractivity (Wildman–Crippen MR) is 109 cm³/mol. The van der Waals surface area contributed by atoms with Gasteiger partial charge in [0.2, 0.25) is 0 Å². The van der Waals surface area contributed by atoms with Gasteiger partial charge in [-0.25, -0.2) is 0 Å². The molecule has 0 radical (unpaired) electrons. The highest BCUT2D eigenvalue weighted by Crippen LogP contribution is 2.39. The molecule has 0 aliphatic carbocycles. The average molecular weight is 374 g/mol. The Morgan fingerprint density at radius 3 is 1.39 bits per heavy atom. The topological polar surface area (TPSA) is 111 Å². The molecular weight excluding hydrogens is 356 g/mol. The minimum Gasteiger partial charge on any atom is -0.506 e. The van der Waals surface area contributed by atoms with Crippen LogP contribution in [0.1, 0.15) is 0 Å². The van der Waals surface area contributed by atoms with Crippen molar-refractivity contribution in [1.29, 1.82) is 0 Å². The van der Waals surface area contributed by atoms with Crippen LogP contribution in [0.4, 0.5) is 11.4 Å². The van der Waals surface area contributed by atoms with Crippen LogP contribution in [0.15, 0.2) is 72.8 Å². The Hall–Kier alpha value is -4.06. The monoisotopic (exact) mass is 374 g/mol. The normalized spacial score (nSPS) is 10.7. The first-order chi connectivity index (χ1) is 13.5. The largest absolute Gasteiger partial charge is 0.506 e. The van der Waals surface area contributed by atoms with Crippen molar-refractivity contribution in [3.63, 3.8) is 0 Å². The number of nitrogen functional groups attached to an aromatic ring is 2. The van der Waals surface area contributed by atoms with Crippen molar-refractivity contribution in [2.75, 3.05) is 11.5 Å². The van der Waals surface area contributed by atoms with E-state index in [1.165, 1.54) is 12.1 Å². The molecule has 0 aliphatic heterocycles. The molecule has 4 aromatic carbocycles. The number of benzene rings is 4. The number of hydrogen-bond donors (Lipinski definition) is 4. The van der Waals surface area contributed by atoms with E-state index in [0.29, 0.717) is 23.0 Å². The first-order valence-corrected chi connectivity index (χ1v) is 8.56. The van der Waals surface area contributed by atoms with Crippen molar-refractivity contribution in [2.45, 2.75) is 0 Å². The molecule has 0 spiro atoms. The van der Waals surface area contributed by atoms with E-state index in [0.717, 1.165) is 10.8 Å². The van der Waals surface area contributed by atoms with Gasteiger partial charge in [0, 0.05) is 22.9 Å². The Kier molecular flexibility index (Phi) is 4.29. The number of rotatable bonds is 4. The second-order valence-electron chi connectivity index (χ2n) is 6.25. The van der Waals surface area contributed by atoms with Crippen molar-refractivity contribution in [2.24, 2.45) is 0 Å². The lowest BCUT2D eigenvalue weighted by atomic mass is 10.1. The third-order valence-corrected chi connectivity index (χ3v) is 4.30. The summed E-state index contributed by atoms with van der Waals surface area (Å²) in [7, 11) is 0. The van der Waals surface area contributed by atoms with Gasteiger partial charge in [0.05, 0.1) is 11.4 Å². The average Bonchev–Trinajstić information content (AvgIpc) is 2.69. The van der Waals surface area contributed by atoms with Gasteiger partial charge in [-0.2, -0.15) is 0 Å². The maximum Gasteiger partial charge on any atom is 0.138 e. The van der Waals surface area contributed by atoms with E-state index in [9.17, 15) is 10.2 Å². The number of fused-ring (bicyclic) bond motifs is 1. The standard InChI is InChI=1S/C22H18N2O4/c23-17-11-13(5-7-19(17)25)27-21-9-10-22(16-4-2-1-3-15(16)21)28-14-6-8-20(26)18(24)12-14/h1-12,25-26H,23-24H2. The summed E-state index contributed by atoms with van der Waals surface area (Å²) < 4.78 is 11.9. The number of aromatic hydroxyl groups is 2. The van der Waals surface area contributed by atoms with Crippen molar-refractivity contribution in [3.8, 4) is 34.5 Å². The molecule has 6 heteroatoms. The van der Waals surface area contributed by atoms with Gasteiger partial charge in [0.1, 0.15) is 34.5 Å². The fraction of sp³-hybridized carbons (Fsp3) is 0. The zero-order valence-corrected chi connectivity index (χ0v) is 14.8. The molecule has 0 heterocycles. The van der Waals surface area contributed by atoms with Gasteiger partial charge in [0.15, 0.2) is 0 Å². The Balaban J connectivity index is 1.71. The highest BCUT2D eigenvalue weighted by atomic mass is 16.5. The lowest BCUT2D eigenvalue weighted by Crippen LogP contribution is -1.92. The minimum absolute atomic E-state index is 0.00845. The van der Waals surface area contributed by atoms with Crippen LogP contribution >= 0.6 is 0 Å². The van der Waals surface area contributed by atoms with Gasteiger partial charge in [-0.15, -0.1) is 0 Å². The summed E-state index contributed by atoms with van der Waals surface area (Å²) in [5, 5.41) is 20.8. The van der Waals surface area contributed by atoms with E-state index in [2.05, 4.69) is 0 Å². The summed E-state index contributed by atoms with van der Waals surface area (Å²) in [6.07, 6.45) is 0. The Morgan fingerprint density at radius 1 is 0.571 bits per heavy atom. The lowest BCUT2D eigenvalue weighted by molar-refractivity contribution is 0.465. The van der Waals surface area contributed by atoms with Crippen LogP contribution in [-0.2, 0) is 0 Å². The minimum atomic E-state index is 0.00845. The molecule has 4 aromatic rings. The van der Waals surface area contributed by atoms with Crippen molar-refractivity contribution in [1.82, 2.24) is 0 Å². The molecule has 0 fully saturated rings. The van der Waals surface area contributed by atoms with E-state index < -0.39 is 0 Å². The maximum absolute atomic E-state index is 9.57. The first kappa shape index (κ1) is 17.4. The summed E-state index contributed by atoms with van der Waals surface area (Å²) in [4.78, 5) is 0. The Labute approximate surface area is 161 Å². The van der Waals surface area contributed by atoms with Crippen LogP contribution in [0.2, 0.25) is 0 Å². The summed E-state index contributed by atoms with van der Waals surface area (Å²) in [6, 6.07) is 20.6. The molecule has 0 unspecified atom stereocenters. The van der Waals surface area contributed by atoms with Crippen molar-refractivity contribution in [3.05, 3.63) is 72.8 Å². The van der Waals surface area contributed by atoms with E-state index in [1.807, 2.05) is 24.3 Å². The first-order valence-electron chi connectivity index (χ1n) is 8.56. The van der Waals surface area contributed by atoms with Gasteiger partial charge in [-0.3, -0.25) is 0 Å². The zero-order valence-electron chi connectivity index (χ0n) is 14.8. The molecule has 140 valence electrons. The fourth-order valence-electron chi connectivity index (χ4n) is 2.87. The Bertz CT molecular complexity index is 1080. The molecule has 6 N–H and O–H groups in total. The second-order valence-corrected chi connectivity index (χ2v) is 6.25. The highest BCUT2D eigenvalue weighted by Gasteiger charge is 2.11. The van der Waals surface area contributed by atoms with Crippen LogP contribution in [0.25, 0.3) is 10.8 Å². The van der Waals surface area contributed by atoms with Gasteiger partial charge < -0.3 is 31.2 Å². The quantitative estimate of drug-likeness (QED) is 0.295. The molecular formula is C22H18N2O4. The number of hydrogen-bond acceptors (Lipinski definition) is 6. The van der Waals surface area contributed by atoms with Gasteiger partial charge in [0.25, 0.3) is 0 Å². The lowest BCUT2D eigenvalue weighted by Gasteiger charge is -2.14. The van der Waals surface area contributed by atoms with Crippen LogP contribution in [-0.4, -0.2) is 10.2 Å². The SMILES string of the molecule is Nc1cc(Oc2ccc(Oc3ccc(O)c(N)c3)c3ccccc23)ccc1O. The van der Waals surface area contributed by atoms with Crippen LogP contribution in [0, 0.1) is 0 Å². The third kappa shape index (κ3) is 3.31. The predicted octanol–water partition coefficient (Wildman–Crippen LogP) is 5.00. The van der Waals surface area contributed by atoms with Gasteiger partial charge in [-0.05, 0) is 36.4 Å².